The maximum atomic E-state index is 13.1. The van der Waals surface area contributed by atoms with Crippen LogP contribution in [0.1, 0.15) is 6.92 Å². The Kier molecular flexibility index (Phi) is 2.03. The van der Waals surface area contributed by atoms with Crippen molar-refractivity contribution < 1.29 is 4.39 Å². The maximum Gasteiger partial charge on any atom is 0.308 e. The molecule has 5 heteroatoms. The Morgan fingerprint density at radius 3 is 2.93 bits per heavy atom. The fourth-order valence-corrected chi connectivity index (χ4v) is 2.36. The fraction of sp³-hybridized carbons (Fsp3) is 0.222. The second-order valence-electron chi connectivity index (χ2n) is 2.95. The van der Waals surface area contributed by atoms with Crippen LogP contribution in [0, 0.1) is 5.82 Å². The number of halogens is 1. The number of nitrogens with two attached hydrogens (primary N) is 1. The molecule has 0 amide bonds. The minimum atomic E-state index is -0.470. The topological polar surface area (TPSA) is 48.0 Å². The van der Waals surface area contributed by atoms with Gasteiger partial charge in [0, 0.05) is 6.54 Å². The molecule has 14 heavy (non-hydrogen) atoms. The number of fused-ring (bicyclic) bond motifs is 1. The lowest BCUT2D eigenvalue weighted by Crippen LogP contribution is -2.10. The lowest BCUT2D eigenvalue weighted by molar-refractivity contribution is 0.634. The molecular formula is C9H9FN2OS. The van der Waals surface area contributed by atoms with E-state index < -0.39 is 5.82 Å². The molecule has 2 rings (SSSR count). The number of aryl methyl sites for hydroxylation is 1. The van der Waals surface area contributed by atoms with Gasteiger partial charge in [0.05, 0.1) is 15.9 Å². The number of nitrogen functional groups attached to an aromatic ring is 1. The summed E-state index contributed by atoms with van der Waals surface area (Å²) in [6.07, 6.45) is 0. The molecule has 0 aliphatic heterocycles. The minimum Gasteiger partial charge on any atom is -0.396 e. The summed E-state index contributed by atoms with van der Waals surface area (Å²) >= 11 is 1.04. The molecule has 2 N–H and O–H groups in total. The maximum absolute atomic E-state index is 13.1. The molecule has 1 heterocycles. The highest BCUT2D eigenvalue weighted by Gasteiger charge is 2.08. The van der Waals surface area contributed by atoms with Gasteiger partial charge in [0.25, 0.3) is 0 Å². The molecule has 0 radical (unpaired) electrons. The quantitative estimate of drug-likeness (QED) is 0.733. The van der Waals surface area contributed by atoms with E-state index in [2.05, 4.69) is 0 Å². The van der Waals surface area contributed by atoms with Gasteiger partial charge in [-0.2, -0.15) is 0 Å². The summed E-state index contributed by atoms with van der Waals surface area (Å²) in [6.45, 7) is 2.44. The molecule has 0 saturated carbocycles. The second kappa shape index (κ2) is 3.09. The van der Waals surface area contributed by atoms with Crippen molar-refractivity contribution in [2.45, 2.75) is 13.5 Å². The smallest absolute Gasteiger partial charge is 0.308 e. The summed E-state index contributed by atoms with van der Waals surface area (Å²) in [4.78, 5) is 11.3. The Balaban J connectivity index is 2.89. The Hall–Kier alpha value is -1.36. The van der Waals surface area contributed by atoms with E-state index in [1.807, 2.05) is 6.92 Å². The number of thiazole rings is 1. The van der Waals surface area contributed by atoms with E-state index in [4.69, 9.17) is 5.73 Å². The van der Waals surface area contributed by atoms with Gasteiger partial charge in [-0.25, -0.2) is 4.39 Å². The number of rotatable bonds is 1. The van der Waals surface area contributed by atoms with Crippen molar-refractivity contribution in [1.29, 1.82) is 0 Å². The zero-order valence-corrected chi connectivity index (χ0v) is 8.40. The zero-order valence-electron chi connectivity index (χ0n) is 7.58. The average Bonchev–Trinajstić information content (AvgIpc) is 2.42. The summed E-state index contributed by atoms with van der Waals surface area (Å²) in [5.74, 6) is -0.470. The van der Waals surface area contributed by atoms with Crippen LogP contribution in [0.4, 0.5) is 10.1 Å². The lowest BCUT2D eigenvalue weighted by atomic mass is 10.3. The molecule has 0 atom stereocenters. The molecule has 0 spiro atoms. The van der Waals surface area contributed by atoms with Crippen LogP contribution in [0.5, 0.6) is 0 Å². The van der Waals surface area contributed by atoms with Crippen LogP contribution in [0.15, 0.2) is 16.9 Å². The summed E-state index contributed by atoms with van der Waals surface area (Å²) in [5, 5.41) is 0. The van der Waals surface area contributed by atoms with E-state index in [0.29, 0.717) is 16.8 Å². The SMILES string of the molecule is CCn1c(=O)sc2cc(F)c(N)cc21. The predicted octanol–water partition coefficient (Wildman–Crippen LogP) is 1.80. The molecule has 1 aromatic heterocycles. The first-order valence-corrected chi connectivity index (χ1v) is 5.03. The van der Waals surface area contributed by atoms with Crippen molar-refractivity contribution in [3.8, 4) is 0 Å². The van der Waals surface area contributed by atoms with Crippen LogP contribution in [0.2, 0.25) is 0 Å². The first kappa shape index (κ1) is 9.21. The van der Waals surface area contributed by atoms with Gasteiger partial charge in [0.2, 0.25) is 0 Å². The Morgan fingerprint density at radius 2 is 2.29 bits per heavy atom. The highest BCUT2D eigenvalue weighted by atomic mass is 32.1. The third kappa shape index (κ3) is 1.21. The molecule has 0 aliphatic carbocycles. The fourth-order valence-electron chi connectivity index (χ4n) is 1.40. The average molecular weight is 212 g/mol. The highest BCUT2D eigenvalue weighted by molar-refractivity contribution is 7.16. The predicted molar refractivity (Wildman–Crippen MR) is 56.1 cm³/mol. The second-order valence-corrected chi connectivity index (χ2v) is 3.95. The van der Waals surface area contributed by atoms with Crippen LogP contribution in [-0.2, 0) is 6.54 Å². The van der Waals surface area contributed by atoms with Gasteiger partial charge in [0.15, 0.2) is 0 Å². The van der Waals surface area contributed by atoms with Crippen LogP contribution in [-0.4, -0.2) is 4.57 Å². The van der Waals surface area contributed by atoms with Crippen LogP contribution < -0.4 is 10.6 Å². The van der Waals surface area contributed by atoms with Crippen LogP contribution >= 0.6 is 11.3 Å². The zero-order chi connectivity index (χ0) is 10.3. The van der Waals surface area contributed by atoms with Gasteiger partial charge < -0.3 is 5.73 Å². The van der Waals surface area contributed by atoms with E-state index in [9.17, 15) is 9.18 Å². The normalized spacial score (nSPS) is 11.0. The van der Waals surface area contributed by atoms with E-state index in [0.717, 1.165) is 11.3 Å². The molecule has 0 aliphatic rings. The van der Waals surface area contributed by atoms with Crippen molar-refractivity contribution in [1.82, 2.24) is 4.57 Å². The van der Waals surface area contributed by atoms with Crippen LogP contribution in [0.25, 0.3) is 10.2 Å². The molecule has 2 aromatic rings. The number of nitrogens with zero attached hydrogens (tertiary/aromatic N) is 1. The standard InChI is InChI=1S/C9H9FN2OS/c1-2-12-7-4-6(11)5(10)3-8(7)14-9(12)13/h3-4H,2,11H2,1H3. The van der Waals surface area contributed by atoms with E-state index in [1.165, 1.54) is 12.1 Å². The van der Waals surface area contributed by atoms with E-state index in [-0.39, 0.29) is 10.6 Å². The third-order valence-electron chi connectivity index (χ3n) is 2.10. The van der Waals surface area contributed by atoms with Crippen molar-refractivity contribution in [3.05, 3.63) is 27.6 Å². The summed E-state index contributed by atoms with van der Waals surface area (Å²) in [6, 6.07) is 2.81. The first-order chi connectivity index (χ1) is 6.63. The lowest BCUT2D eigenvalue weighted by Gasteiger charge is -2.00. The number of anilines is 1. The molecule has 0 fully saturated rings. The van der Waals surface area contributed by atoms with Crippen molar-refractivity contribution in [2.75, 3.05) is 5.73 Å². The Bertz CT molecular complexity index is 543. The summed E-state index contributed by atoms with van der Waals surface area (Å²) in [7, 11) is 0. The number of hydrogen-bond donors (Lipinski definition) is 1. The van der Waals surface area contributed by atoms with Crippen molar-refractivity contribution >= 4 is 27.2 Å². The number of benzene rings is 1. The van der Waals surface area contributed by atoms with Crippen LogP contribution in [0.3, 0.4) is 0 Å². The van der Waals surface area contributed by atoms with Gasteiger partial charge in [0.1, 0.15) is 5.82 Å². The van der Waals surface area contributed by atoms with Gasteiger partial charge in [-0.15, -0.1) is 0 Å². The number of aromatic nitrogens is 1. The van der Waals surface area contributed by atoms with Gasteiger partial charge in [-0.3, -0.25) is 9.36 Å². The highest BCUT2D eigenvalue weighted by Crippen LogP contribution is 2.22. The molecule has 3 nitrogen and oxygen atoms in total. The molecule has 0 saturated heterocycles. The largest absolute Gasteiger partial charge is 0.396 e. The molecule has 0 bridgehead atoms. The number of hydrogen-bond acceptors (Lipinski definition) is 3. The summed E-state index contributed by atoms with van der Waals surface area (Å²) in [5.41, 5.74) is 6.22. The minimum absolute atomic E-state index is 0.0764. The third-order valence-corrected chi connectivity index (χ3v) is 3.04. The molecule has 0 unspecified atom stereocenters. The van der Waals surface area contributed by atoms with Crippen molar-refractivity contribution in [2.24, 2.45) is 0 Å². The Morgan fingerprint density at radius 1 is 1.57 bits per heavy atom. The van der Waals surface area contributed by atoms with Gasteiger partial charge in [-0.05, 0) is 19.1 Å². The monoisotopic (exact) mass is 212 g/mol. The van der Waals surface area contributed by atoms with Gasteiger partial charge in [-0.1, -0.05) is 11.3 Å². The molecule has 1 aromatic carbocycles. The molecular weight excluding hydrogens is 203 g/mol. The Labute approximate surface area is 83.6 Å². The first-order valence-electron chi connectivity index (χ1n) is 4.22. The van der Waals surface area contributed by atoms with E-state index in [1.54, 1.807) is 4.57 Å². The van der Waals surface area contributed by atoms with Crippen molar-refractivity contribution in [3.63, 3.8) is 0 Å². The summed E-state index contributed by atoms with van der Waals surface area (Å²) < 4.78 is 15.3. The van der Waals surface area contributed by atoms with E-state index >= 15 is 0 Å². The molecule has 74 valence electrons. The van der Waals surface area contributed by atoms with Gasteiger partial charge >= 0.3 is 4.87 Å².